The number of likely N-dealkylation sites (tertiary alicyclic amines) is 1. The van der Waals surface area contributed by atoms with Crippen LogP contribution in [0.15, 0.2) is 12.1 Å². The second kappa shape index (κ2) is 4.01. The third-order valence-electron chi connectivity index (χ3n) is 4.23. The molecule has 0 atom stereocenters. The van der Waals surface area contributed by atoms with Gasteiger partial charge in [-0.25, -0.2) is 0 Å². The van der Waals surface area contributed by atoms with Crippen LogP contribution in [0.1, 0.15) is 18.4 Å². The lowest BCUT2D eigenvalue weighted by Crippen LogP contribution is -2.62. The Hall–Kier alpha value is -0.970. The summed E-state index contributed by atoms with van der Waals surface area (Å²) in [6.07, 6.45) is 2.36. The molecule has 1 aromatic rings. The van der Waals surface area contributed by atoms with Crippen molar-refractivity contribution < 1.29 is 14.6 Å². The molecular formula is C14H16ClNO3. The largest absolute Gasteiger partial charge is 0.454 e. The molecule has 0 aromatic heterocycles. The Balaban J connectivity index is 1.45. The van der Waals surface area contributed by atoms with Gasteiger partial charge in [-0.2, -0.15) is 0 Å². The highest BCUT2D eigenvalue weighted by Gasteiger charge is 2.51. The third kappa shape index (κ3) is 1.98. The number of nitrogens with zero attached hydrogens (tertiary/aromatic N) is 1. The molecule has 0 unspecified atom stereocenters. The summed E-state index contributed by atoms with van der Waals surface area (Å²) in [5.41, 5.74) is 0.673. The zero-order valence-electron chi connectivity index (χ0n) is 10.6. The summed E-state index contributed by atoms with van der Waals surface area (Å²) in [5.74, 6) is 1.90. The molecule has 3 aliphatic rings. The van der Waals surface area contributed by atoms with E-state index in [0.717, 1.165) is 30.9 Å². The second-order valence-corrected chi connectivity index (χ2v) is 6.24. The highest BCUT2D eigenvalue weighted by Crippen LogP contribution is 2.45. The number of halogens is 1. The minimum atomic E-state index is -0.430. The molecule has 1 saturated heterocycles. The Labute approximate surface area is 116 Å². The maximum absolute atomic E-state index is 10.3. The quantitative estimate of drug-likeness (QED) is 0.920. The van der Waals surface area contributed by atoms with Gasteiger partial charge in [0.15, 0.2) is 11.5 Å². The van der Waals surface area contributed by atoms with Crippen molar-refractivity contribution in [3.05, 3.63) is 22.7 Å². The van der Waals surface area contributed by atoms with Gasteiger partial charge in [0.05, 0.1) is 10.6 Å². The molecule has 0 amide bonds. The highest BCUT2D eigenvalue weighted by atomic mass is 35.5. The van der Waals surface area contributed by atoms with Crippen LogP contribution in [-0.2, 0) is 6.54 Å². The lowest BCUT2D eigenvalue weighted by atomic mass is 9.88. The number of hydrogen-bond acceptors (Lipinski definition) is 4. The summed E-state index contributed by atoms with van der Waals surface area (Å²) < 4.78 is 10.7. The molecule has 2 aliphatic heterocycles. The van der Waals surface area contributed by atoms with E-state index in [2.05, 4.69) is 4.90 Å². The lowest BCUT2D eigenvalue weighted by molar-refractivity contribution is -0.116. The minimum Gasteiger partial charge on any atom is -0.454 e. The molecule has 2 fully saturated rings. The van der Waals surface area contributed by atoms with Gasteiger partial charge in [0.2, 0.25) is 6.79 Å². The maximum Gasteiger partial charge on any atom is 0.231 e. The third-order valence-corrected chi connectivity index (χ3v) is 4.51. The van der Waals surface area contributed by atoms with Crippen molar-refractivity contribution in [1.29, 1.82) is 0 Å². The van der Waals surface area contributed by atoms with Crippen LogP contribution in [0, 0.1) is 5.92 Å². The van der Waals surface area contributed by atoms with Crippen LogP contribution < -0.4 is 9.47 Å². The smallest absolute Gasteiger partial charge is 0.231 e. The van der Waals surface area contributed by atoms with Crippen molar-refractivity contribution >= 4 is 11.6 Å². The predicted octanol–water partition coefficient (Wildman–Crippen LogP) is 2.03. The molecule has 0 spiro atoms. The topological polar surface area (TPSA) is 41.9 Å². The fourth-order valence-corrected chi connectivity index (χ4v) is 3.38. The summed E-state index contributed by atoms with van der Waals surface area (Å²) in [5, 5.41) is 10.9. The van der Waals surface area contributed by atoms with Crippen LogP contribution in [0.5, 0.6) is 11.5 Å². The Morgan fingerprint density at radius 1 is 1.32 bits per heavy atom. The molecule has 1 saturated carbocycles. The monoisotopic (exact) mass is 281 g/mol. The van der Waals surface area contributed by atoms with E-state index in [-0.39, 0.29) is 6.79 Å². The first-order chi connectivity index (χ1) is 9.14. The Morgan fingerprint density at radius 3 is 2.84 bits per heavy atom. The van der Waals surface area contributed by atoms with E-state index in [1.165, 1.54) is 12.8 Å². The Morgan fingerprint density at radius 2 is 2.11 bits per heavy atom. The summed E-state index contributed by atoms with van der Waals surface area (Å²) >= 11 is 6.16. The molecule has 1 aliphatic carbocycles. The molecule has 102 valence electrons. The molecule has 0 bridgehead atoms. The molecule has 2 heterocycles. The summed E-state index contributed by atoms with van der Waals surface area (Å²) in [6, 6.07) is 3.90. The zero-order chi connectivity index (χ0) is 13.0. The SMILES string of the molecule is OC1(C2CC2)CN(Cc2cc(Cl)c3c(c2)OCO3)C1. The molecule has 4 rings (SSSR count). The molecular weight excluding hydrogens is 266 g/mol. The molecule has 1 aromatic carbocycles. The number of rotatable bonds is 3. The van der Waals surface area contributed by atoms with Gasteiger partial charge >= 0.3 is 0 Å². The van der Waals surface area contributed by atoms with E-state index >= 15 is 0 Å². The van der Waals surface area contributed by atoms with Crippen molar-refractivity contribution in [2.75, 3.05) is 19.9 Å². The average molecular weight is 282 g/mol. The predicted molar refractivity (Wildman–Crippen MR) is 70.5 cm³/mol. The van der Waals surface area contributed by atoms with E-state index in [9.17, 15) is 5.11 Å². The highest BCUT2D eigenvalue weighted by molar-refractivity contribution is 6.32. The van der Waals surface area contributed by atoms with Crippen LogP contribution >= 0.6 is 11.6 Å². The summed E-state index contributed by atoms with van der Waals surface area (Å²) in [7, 11) is 0. The standard InChI is InChI=1S/C14H16ClNO3/c15-11-3-9(4-12-13(11)19-8-18-12)5-16-6-14(17,7-16)10-1-2-10/h3-4,10,17H,1-2,5-8H2. The van der Waals surface area contributed by atoms with Crippen molar-refractivity contribution in [2.24, 2.45) is 5.92 Å². The van der Waals surface area contributed by atoms with Gasteiger partial charge in [-0.1, -0.05) is 11.6 Å². The average Bonchev–Trinajstić information content (AvgIpc) is 3.07. The molecule has 19 heavy (non-hydrogen) atoms. The molecule has 4 nitrogen and oxygen atoms in total. The van der Waals surface area contributed by atoms with E-state index in [1.807, 2.05) is 12.1 Å². The first-order valence-corrected chi connectivity index (χ1v) is 7.05. The number of fused-ring (bicyclic) bond motifs is 1. The fourth-order valence-electron chi connectivity index (χ4n) is 3.09. The fraction of sp³-hybridized carbons (Fsp3) is 0.571. The number of β-amino-alcohol motifs (C(OH)–C–C–N with tert-alkyl or cyclic N) is 1. The van der Waals surface area contributed by atoms with Crippen molar-refractivity contribution in [2.45, 2.75) is 25.0 Å². The van der Waals surface area contributed by atoms with E-state index in [4.69, 9.17) is 21.1 Å². The summed E-state index contributed by atoms with van der Waals surface area (Å²) in [4.78, 5) is 2.24. The maximum atomic E-state index is 10.3. The van der Waals surface area contributed by atoms with Gasteiger partial charge in [-0.3, -0.25) is 4.90 Å². The van der Waals surface area contributed by atoms with Gasteiger partial charge < -0.3 is 14.6 Å². The minimum absolute atomic E-state index is 0.240. The van der Waals surface area contributed by atoms with E-state index in [0.29, 0.717) is 16.7 Å². The molecule has 1 N–H and O–H groups in total. The van der Waals surface area contributed by atoms with Crippen molar-refractivity contribution in [3.63, 3.8) is 0 Å². The van der Waals surface area contributed by atoms with Crippen molar-refractivity contribution in [1.82, 2.24) is 4.90 Å². The first kappa shape index (κ1) is 11.8. The van der Waals surface area contributed by atoms with Gasteiger partial charge in [-0.15, -0.1) is 0 Å². The molecule has 0 radical (unpaired) electrons. The number of hydrogen-bond donors (Lipinski definition) is 1. The van der Waals surface area contributed by atoms with Crippen molar-refractivity contribution in [3.8, 4) is 11.5 Å². The van der Waals surface area contributed by atoms with Crippen LogP contribution in [0.3, 0.4) is 0 Å². The van der Waals surface area contributed by atoms with Crippen LogP contribution in [0.4, 0.5) is 0 Å². The van der Waals surface area contributed by atoms with Crippen LogP contribution in [0.2, 0.25) is 5.02 Å². The van der Waals surface area contributed by atoms with Gasteiger partial charge in [0, 0.05) is 19.6 Å². The van der Waals surface area contributed by atoms with Gasteiger partial charge in [0.25, 0.3) is 0 Å². The first-order valence-electron chi connectivity index (χ1n) is 6.67. The molecule has 5 heteroatoms. The van der Waals surface area contributed by atoms with Gasteiger partial charge in [-0.05, 0) is 36.5 Å². The summed E-state index contributed by atoms with van der Waals surface area (Å²) in [6.45, 7) is 2.57. The second-order valence-electron chi connectivity index (χ2n) is 5.83. The Kier molecular flexibility index (Phi) is 2.50. The van der Waals surface area contributed by atoms with E-state index in [1.54, 1.807) is 0 Å². The van der Waals surface area contributed by atoms with Gasteiger partial charge in [0.1, 0.15) is 0 Å². The lowest BCUT2D eigenvalue weighted by Gasteiger charge is -2.47. The van der Waals surface area contributed by atoms with Crippen LogP contribution in [0.25, 0.3) is 0 Å². The number of aliphatic hydroxyl groups is 1. The Bertz CT molecular complexity index is 524. The normalized spacial score (nSPS) is 24.3. The zero-order valence-corrected chi connectivity index (χ0v) is 11.3. The van der Waals surface area contributed by atoms with Crippen LogP contribution in [-0.4, -0.2) is 35.5 Å². The van der Waals surface area contributed by atoms with E-state index < -0.39 is 5.60 Å². The number of ether oxygens (including phenoxy) is 2. The number of benzene rings is 1.